The number of carbonyl (C=O) groups is 2. The molecule has 1 atom stereocenters. The lowest BCUT2D eigenvalue weighted by molar-refractivity contribution is -0.212. The van der Waals surface area contributed by atoms with Crippen molar-refractivity contribution in [3.63, 3.8) is 0 Å². The molecule has 0 radical (unpaired) electrons. The normalized spacial score (nSPS) is 14.5. The van der Waals surface area contributed by atoms with Gasteiger partial charge in [0.05, 0.1) is 12.3 Å². The van der Waals surface area contributed by atoms with Crippen LogP contribution in [-0.2, 0) is 9.63 Å². The number of hydrogen-bond acceptors (Lipinski definition) is 4. The van der Waals surface area contributed by atoms with Crippen LogP contribution in [0.1, 0.15) is 36.2 Å². The van der Waals surface area contributed by atoms with E-state index in [1.54, 1.807) is 47.8 Å². The second-order valence-corrected chi connectivity index (χ2v) is 8.97. The molecule has 4 rings (SSSR count). The Kier molecular flexibility index (Phi) is 12.3. The smallest absolute Gasteiger partial charge is 0.382 e. The first-order valence-electron chi connectivity index (χ1n) is 12.1. The van der Waals surface area contributed by atoms with Crippen molar-refractivity contribution >= 4 is 51.5 Å². The second kappa shape index (κ2) is 14.9. The highest BCUT2D eigenvalue weighted by molar-refractivity contribution is 6.34. The predicted molar refractivity (Wildman–Crippen MR) is 145 cm³/mol. The summed E-state index contributed by atoms with van der Waals surface area (Å²) >= 11 is 11.1. The van der Waals surface area contributed by atoms with E-state index < -0.39 is 49.8 Å². The highest BCUT2D eigenvalue weighted by Gasteiger charge is 2.46. The quantitative estimate of drug-likeness (QED) is 0.292. The predicted octanol–water partition coefficient (Wildman–Crippen LogP) is 7.32. The van der Waals surface area contributed by atoms with Gasteiger partial charge in [-0.2, -0.15) is 26.3 Å². The Balaban J connectivity index is 0.000000500. The zero-order valence-electron chi connectivity index (χ0n) is 21.7. The Bertz CT molecular complexity index is 1360. The fourth-order valence-electron chi connectivity index (χ4n) is 3.44. The van der Waals surface area contributed by atoms with E-state index in [0.29, 0.717) is 26.4 Å². The molecule has 0 saturated carbocycles. The van der Waals surface area contributed by atoms with Crippen LogP contribution in [0.2, 0.25) is 10.0 Å². The summed E-state index contributed by atoms with van der Waals surface area (Å²) < 4.78 is 75.0. The summed E-state index contributed by atoms with van der Waals surface area (Å²) in [5.74, 6) is -1.76. The molecule has 1 heterocycles. The molecule has 41 heavy (non-hydrogen) atoms. The fraction of sp³-hybridized carbons (Fsp3) is 0.296. The van der Waals surface area contributed by atoms with Crippen LogP contribution in [-0.4, -0.2) is 49.1 Å². The standard InChI is InChI=1S/C19H15F6N3O3.C6H4Cl2.C2H6/c20-18(21,22)9-27-16(29)8-26-17(30)13-6-5-12(10-3-1-2-4-11(10)13)14-7-15(31-28-14)19(23,24)25;7-5-2-1-3-6(8)4-5;1-2/h1-6,15H,7-9H2,(H,26,30)(H,27,29);1-4H;1-2H3. The maximum Gasteiger partial charge on any atom is 0.428 e. The number of rotatable bonds is 5. The van der Waals surface area contributed by atoms with Crippen molar-refractivity contribution in [2.45, 2.75) is 38.7 Å². The van der Waals surface area contributed by atoms with Gasteiger partial charge in [-0.15, -0.1) is 0 Å². The Morgan fingerprint density at radius 3 is 2.02 bits per heavy atom. The first kappa shape index (κ1) is 33.7. The van der Waals surface area contributed by atoms with Gasteiger partial charge in [0, 0.05) is 27.6 Å². The Morgan fingerprint density at radius 1 is 0.902 bits per heavy atom. The summed E-state index contributed by atoms with van der Waals surface area (Å²) in [6.45, 7) is 1.79. The van der Waals surface area contributed by atoms with Crippen molar-refractivity contribution < 1.29 is 40.8 Å². The molecule has 0 aromatic heterocycles. The van der Waals surface area contributed by atoms with Gasteiger partial charge in [0.25, 0.3) is 5.91 Å². The van der Waals surface area contributed by atoms with E-state index in [9.17, 15) is 35.9 Å². The number of carbonyl (C=O) groups excluding carboxylic acids is 2. The van der Waals surface area contributed by atoms with Crippen LogP contribution in [0.5, 0.6) is 0 Å². The summed E-state index contributed by atoms with van der Waals surface area (Å²) in [7, 11) is 0. The molecule has 1 aliphatic rings. The summed E-state index contributed by atoms with van der Waals surface area (Å²) in [5, 5.41) is 9.54. The van der Waals surface area contributed by atoms with E-state index in [2.05, 4.69) is 15.3 Å². The lowest BCUT2D eigenvalue weighted by Crippen LogP contribution is -2.40. The minimum atomic E-state index is -4.58. The van der Waals surface area contributed by atoms with E-state index in [1.807, 2.05) is 19.9 Å². The molecule has 222 valence electrons. The largest absolute Gasteiger partial charge is 0.428 e. The lowest BCUT2D eigenvalue weighted by Gasteiger charge is -2.13. The van der Waals surface area contributed by atoms with E-state index >= 15 is 0 Å². The van der Waals surface area contributed by atoms with Gasteiger partial charge in [-0.25, -0.2) is 0 Å². The number of nitrogens with one attached hydrogen (secondary N) is 2. The van der Waals surface area contributed by atoms with Crippen molar-refractivity contribution in [2.24, 2.45) is 5.16 Å². The first-order valence-corrected chi connectivity index (χ1v) is 12.8. The highest BCUT2D eigenvalue weighted by atomic mass is 35.5. The maximum absolute atomic E-state index is 12.9. The molecule has 6 nitrogen and oxygen atoms in total. The third kappa shape index (κ3) is 10.4. The number of benzene rings is 3. The number of fused-ring (bicyclic) bond motifs is 1. The molecular weight excluding hydrogens is 599 g/mol. The van der Waals surface area contributed by atoms with Crippen molar-refractivity contribution in [3.05, 3.63) is 81.8 Å². The molecule has 2 amide bonds. The van der Waals surface area contributed by atoms with Gasteiger partial charge in [0.1, 0.15) is 6.54 Å². The molecule has 1 aliphatic heterocycles. The Labute approximate surface area is 241 Å². The molecule has 3 aromatic carbocycles. The van der Waals surface area contributed by atoms with Crippen LogP contribution < -0.4 is 10.6 Å². The van der Waals surface area contributed by atoms with Crippen LogP contribution in [0.15, 0.2) is 65.8 Å². The number of halogens is 8. The van der Waals surface area contributed by atoms with E-state index in [1.165, 1.54) is 12.1 Å². The van der Waals surface area contributed by atoms with Gasteiger partial charge in [-0.3, -0.25) is 9.59 Å². The SMILES string of the molecule is CC.Clc1cccc(Cl)c1.O=C(CNC(=O)c1ccc(C2=NOC(C(F)(F)F)C2)c2ccccc12)NCC(F)(F)F. The van der Waals surface area contributed by atoms with Gasteiger partial charge >= 0.3 is 12.4 Å². The van der Waals surface area contributed by atoms with Crippen LogP contribution in [0.3, 0.4) is 0 Å². The van der Waals surface area contributed by atoms with E-state index in [0.717, 1.165) is 0 Å². The van der Waals surface area contributed by atoms with Crippen molar-refractivity contribution in [1.29, 1.82) is 0 Å². The van der Waals surface area contributed by atoms with Crippen LogP contribution >= 0.6 is 23.2 Å². The second-order valence-electron chi connectivity index (χ2n) is 8.10. The summed E-state index contributed by atoms with van der Waals surface area (Å²) in [5.41, 5.74) is 0.508. The van der Waals surface area contributed by atoms with Crippen molar-refractivity contribution in [2.75, 3.05) is 13.1 Å². The summed E-state index contributed by atoms with van der Waals surface area (Å²) in [4.78, 5) is 28.4. The molecule has 14 heteroatoms. The molecule has 2 N–H and O–H groups in total. The minimum Gasteiger partial charge on any atom is -0.382 e. The zero-order chi connectivity index (χ0) is 30.8. The van der Waals surface area contributed by atoms with Crippen LogP contribution in [0.25, 0.3) is 10.8 Å². The monoisotopic (exact) mass is 623 g/mol. The lowest BCUT2D eigenvalue weighted by atomic mass is 9.94. The van der Waals surface area contributed by atoms with Gasteiger partial charge in [0.15, 0.2) is 0 Å². The number of oxime groups is 1. The molecule has 3 aromatic rings. The number of nitrogens with zero attached hydrogens (tertiary/aromatic N) is 1. The van der Waals surface area contributed by atoms with Crippen LogP contribution in [0.4, 0.5) is 26.3 Å². The highest BCUT2D eigenvalue weighted by Crippen LogP contribution is 2.33. The molecule has 0 spiro atoms. The molecule has 1 unspecified atom stereocenters. The van der Waals surface area contributed by atoms with Crippen molar-refractivity contribution in [3.8, 4) is 0 Å². The Hall–Kier alpha value is -3.51. The number of hydrogen-bond donors (Lipinski definition) is 2. The summed E-state index contributed by atoms with van der Waals surface area (Å²) in [6, 6.07) is 16.2. The third-order valence-electron chi connectivity index (χ3n) is 5.20. The molecule has 0 aliphatic carbocycles. The van der Waals surface area contributed by atoms with Crippen LogP contribution in [0, 0.1) is 0 Å². The maximum atomic E-state index is 12.9. The van der Waals surface area contributed by atoms with Gasteiger partial charge < -0.3 is 15.5 Å². The van der Waals surface area contributed by atoms with Gasteiger partial charge in [-0.05, 0) is 35.0 Å². The summed E-state index contributed by atoms with van der Waals surface area (Å²) in [6.07, 6.45) is -11.7. The van der Waals surface area contributed by atoms with Gasteiger partial charge in [-0.1, -0.05) is 78.6 Å². The zero-order valence-corrected chi connectivity index (χ0v) is 23.2. The van der Waals surface area contributed by atoms with Crippen molar-refractivity contribution in [1.82, 2.24) is 10.6 Å². The molecular formula is C27H25Cl2F6N3O3. The third-order valence-corrected chi connectivity index (χ3v) is 5.67. The van der Waals surface area contributed by atoms with Gasteiger partial charge in [0.2, 0.25) is 12.0 Å². The van der Waals surface area contributed by atoms with E-state index in [4.69, 9.17) is 23.2 Å². The molecule has 0 fully saturated rings. The number of amides is 2. The fourth-order valence-corrected chi connectivity index (χ4v) is 3.87. The topological polar surface area (TPSA) is 79.8 Å². The van der Waals surface area contributed by atoms with E-state index in [-0.39, 0.29) is 11.3 Å². The number of alkyl halides is 6. The molecule has 0 saturated heterocycles. The Morgan fingerprint density at radius 2 is 1.51 bits per heavy atom. The average Bonchev–Trinajstić information content (AvgIpc) is 3.42. The average molecular weight is 624 g/mol. The first-order chi connectivity index (χ1) is 19.2. The minimum absolute atomic E-state index is 0.0667. The molecule has 0 bridgehead atoms.